The second-order valence-corrected chi connectivity index (χ2v) is 4.87. The van der Waals surface area contributed by atoms with Crippen LogP contribution in [0.4, 0.5) is 0 Å². The maximum atomic E-state index is 12.1. The molecule has 0 aromatic carbocycles. The van der Waals surface area contributed by atoms with E-state index in [-0.39, 0.29) is 5.69 Å². The van der Waals surface area contributed by atoms with Gasteiger partial charge in [0.1, 0.15) is 5.82 Å². The number of halogens is 1. The molecule has 0 unspecified atom stereocenters. The number of fused-ring (bicyclic) bond motifs is 1. The molecule has 0 saturated heterocycles. The summed E-state index contributed by atoms with van der Waals surface area (Å²) >= 11 is 5.90. The molecule has 2 aromatic heterocycles. The molecule has 6 heteroatoms. The van der Waals surface area contributed by atoms with E-state index in [4.69, 9.17) is 11.6 Å². The third kappa shape index (κ3) is 2.06. The first-order valence-electron chi connectivity index (χ1n) is 6.01. The smallest absolute Gasteiger partial charge is 0.279 e. The molecule has 3 heterocycles. The van der Waals surface area contributed by atoms with Crippen LogP contribution in [0.5, 0.6) is 0 Å². The van der Waals surface area contributed by atoms with E-state index in [0.717, 1.165) is 37.3 Å². The molecule has 0 spiro atoms. The lowest BCUT2D eigenvalue weighted by Gasteiger charge is -2.09. The molecule has 2 aromatic rings. The SMILES string of the molecule is O=c1n(Cc2cc(Cl)ccn2)nc2n1CCCC2. The number of hydrogen-bond acceptors (Lipinski definition) is 3. The van der Waals surface area contributed by atoms with Gasteiger partial charge < -0.3 is 0 Å². The molecule has 0 saturated carbocycles. The lowest BCUT2D eigenvalue weighted by atomic mass is 10.2. The number of pyridine rings is 1. The molecule has 1 aliphatic heterocycles. The van der Waals surface area contributed by atoms with Gasteiger partial charge in [0.15, 0.2) is 0 Å². The summed E-state index contributed by atoms with van der Waals surface area (Å²) in [7, 11) is 0. The summed E-state index contributed by atoms with van der Waals surface area (Å²) in [5.41, 5.74) is 0.700. The Labute approximate surface area is 109 Å². The summed E-state index contributed by atoms with van der Waals surface area (Å²) in [6.45, 7) is 1.15. The largest absolute Gasteiger partial charge is 0.346 e. The van der Waals surface area contributed by atoms with Crippen LogP contribution in [0, 0.1) is 0 Å². The predicted octanol–water partition coefficient (Wildman–Crippen LogP) is 1.48. The van der Waals surface area contributed by atoms with Gasteiger partial charge in [-0.15, -0.1) is 0 Å². The molecule has 0 atom stereocenters. The van der Waals surface area contributed by atoms with Crippen LogP contribution < -0.4 is 5.69 Å². The first-order chi connectivity index (χ1) is 8.74. The van der Waals surface area contributed by atoms with Crippen molar-refractivity contribution in [1.82, 2.24) is 19.3 Å². The first-order valence-corrected chi connectivity index (χ1v) is 6.39. The van der Waals surface area contributed by atoms with Crippen LogP contribution in [0.3, 0.4) is 0 Å². The van der Waals surface area contributed by atoms with Crippen LogP contribution in [0.1, 0.15) is 24.4 Å². The normalized spacial score (nSPS) is 14.5. The molecule has 0 aliphatic carbocycles. The van der Waals surface area contributed by atoms with Crippen molar-refractivity contribution in [3.63, 3.8) is 0 Å². The van der Waals surface area contributed by atoms with E-state index < -0.39 is 0 Å². The Hall–Kier alpha value is -1.62. The predicted molar refractivity (Wildman–Crippen MR) is 67.8 cm³/mol. The van der Waals surface area contributed by atoms with Crippen molar-refractivity contribution in [1.29, 1.82) is 0 Å². The lowest BCUT2D eigenvalue weighted by molar-refractivity contribution is 0.511. The molecular weight excluding hydrogens is 252 g/mol. The van der Waals surface area contributed by atoms with E-state index in [1.807, 2.05) is 0 Å². The Morgan fingerprint density at radius 1 is 1.39 bits per heavy atom. The van der Waals surface area contributed by atoms with E-state index in [1.165, 1.54) is 4.68 Å². The number of nitrogens with zero attached hydrogens (tertiary/aromatic N) is 4. The van der Waals surface area contributed by atoms with Crippen LogP contribution in [0.25, 0.3) is 0 Å². The molecule has 18 heavy (non-hydrogen) atoms. The minimum absolute atomic E-state index is 0.0496. The zero-order valence-corrected chi connectivity index (χ0v) is 10.6. The molecule has 0 bridgehead atoms. The summed E-state index contributed by atoms with van der Waals surface area (Å²) in [6, 6.07) is 3.47. The highest BCUT2D eigenvalue weighted by molar-refractivity contribution is 6.30. The molecule has 0 N–H and O–H groups in total. The third-order valence-corrected chi connectivity index (χ3v) is 3.36. The van der Waals surface area contributed by atoms with E-state index >= 15 is 0 Å². The van der Waals surface area contributed by atoms with Crippen molar-refractivity contribution in [3.05, 3.63) is 45.4 Å². The van der Waals surface area contributed by atoms with Gasteiger partial charge >= 0.3 is 5.69 Å². The summed E-state index contributed by atoms with van der Waals surface area (Å²) in [5, 5.41) is 4.98. The Kier molecular flexibility index (Phi) is 2.91. The van der Waals surface area contributed by atoms with Gasteiger partial charge in [0, 0.05) is 24.2 Å². The highest BCUT2D eigenvalue weighted by Gasteiger charge is 2.16. The van der Waals surface area contributed by atoms with Gasteiger partial charge in [0.25, 0.3) is 0 Å². The van der Waals surface area contributed by atoms with E-state index in [0.29, 0.717) is 11.6 Å². The fraction of sp³-hybridized carbons (Fsp3) is 0.417. The van der Waals surface area contributed by atoms with Crippen LogP contribution in [-0.4, -0.2) is 19.3 Å². The average molecular weight is 265 g/mol. The van der Waals surface area contributed by atoms with Crippen molar-refractivity contribution in [2.45, 2.75) is 32.4 Å². The molecular formula is C12H13ClN4O. The summed E-state index contributed by atoms with van der Waals surface area (Å²) in [4.78, 5) is 16.3. The zero-order valence-electron chi connectivity index (χ0n) is 9.84. The van der Waals surface area contributed by atoms with Crippen LogP contribution >= 0.6 is 11.6 Å². The van der Waals surface area contributed by atoms with Gasteiger partial charge in [-0.1, -0.05) is 11.6 Å². The molecule has 0 radical (unpaired) electrons. The second kappa shape index (κ2) is 4.57. The number of hydrogen-bond donors (Lipinski definition) is 0. The molecule has 0 fully saturated rings. The summed E-state index contributed by atoms with van der Waals surface area (Å²) in [5.74, 6) is 0.883. The van der Waals surface area contributed by atoms with Gasteiger partial charge in [0.05, 0.1) is 12.2 Å². The summed E-state index contributed by atoms with van der Waals surface area (Å²) in [6.07, 6.45) is 4.67. The van der Waals surface area contributed by atoms with Gasteiger partial charge in [-0.3, -0.25) is 9.55 Å². The Bertz CT molecular complexity index is 631. The Morgan fingerprint density at radius 2 is 2.28 bits per heavy atom. The second-order valence-electron chi connectivity index (χ2n) is 4.43. The number of aromatic nitrogens is 4. The van der Waals surface area contributed by atoms with Gasteiger partial charge in [-0.2, -0.15) is 5.10 Å². The van der Waals surface area contributed by atoms with E-state index in [1.54, 1.807) is 22.9 Å². The van der Waals surface area contributed by atoms with Crippen molar-refractivity contribution in [2.75, 3.05) is 0 Å². The molecule has 1 aliphatic rings. The van der Waals surface area contributed by atoms with Crippen LogP contribution in [0.15, 0.2) is 23.1 Å². The standard InChI is InChI=1S/C12H13ClN4O/c13-9-4-5-14-10(7-9)8-17-12(18)16-6-2-1-3-11(16)15-17/h4-5,7H,1-3,6,8H2. The van der Waals surface area contributed by atoms with Crippen molar-refractivity contribution in [3.8, 4) is 0 Å². The van der Waals surface area contributed by atoms with Crippen LogP contribution in [-0.2, 0) is 19.5 Å². The highest BCUT2D eigenvalue weighted by Crippen LogP contribution is 2.11. The fourth-order valence-corrected chi connectivity index (χ4v) is 2.42. The molecule has 0 amide bonds. The zero-order chi connectivity index (χ0) is 12.5. The van der Waals surface area contributed by atoms with Gasteiger partial charge in [-0.05, 0) is 25.0 Å². The van der Waals surface area contributed by atoms with Crippen molar-refractivity contribution >= 4 is 11.6 Å². The monoisotopic (exact) mass is 264 g/mol. The fourth-order valence-electron chi connectivity index (χ4n) is 2.24. The topological polar surface area (TPSA) is 52.7 Å². The van der Waals surface area contributed by atoms with Crippen molar-refractivity contribution < 1.29 is 0 Å². The number of rotatable bonds is 2. The molecule has 94 valence electrons. The lowest BCUT2D eigenvalue weighted by Crippen LogP contribution is -2.27. The first kappa shape index (κ1) is 11.5. The quantitative estimate of drug-likeness (QED) is 0.826. The third-order valence-electron chi connectivity index (χ3n) is 3.12. The molecule has 5 nitrogen and oxygen atoms in total. The van der Waals surface area contributed by atoms with Gasteiger partial charge in [0.2, 0.25) is 0 Å². The van der Waals surface area contributed by atoms with E-state index in [9.17, 15) is 4.79 Å². The maximum Gasteiger partial charge on any atom is 0.346 e. The average Bonchev–Trinajstić information content (AvgIpc) is 2.67. The number of aryl methyl sites for hydroxylation is 1. The molecule has 3 rings (SSSR count). The minimum Gasteiger partial charge on any atom is -0.279 e. The highest BCUT2D eigenvalue weighted by atomic mass is 35.5. The van der Waals surface area contributed by atoms with E-state index in [2.05, 4.69) is 10.1 Å². The Morgan fingerprint density at radius 3 is 3.06 bits per heavy atom. The minimum atomic E-state index is -0.0496. The maximum absolute atomic E-state index is 12.1. The van der Waals surface area contributed by atoms with Gasteiger partial charge in [-0.25, -0.2) is 9.48 Å². The summed E-state index contributed by atoms with van der Waals surface area (Å²) < 4.78 is 3.23. The van der Waals surface area contributed by atoms with Crippen molar-refractivity contribution in [2.24, 2.45) is 0 Å². The Balaban J connectivity index is 1.94. The van der Waals surface area contributed by atoms with Crippen LogP contribution in [0.2, 0.25) is 5.02 Å².